The van der Waals surface area contributed by atoms with Gasteiger partial charge < -0.3 is 10.6 Å². The summed E-state index contributed by atoms with van der Waals surface area (Å²) in [4.78, 5) is 12.1. The fourth-order valence-corrected chi connectivity index (χ4v) is 3.44. The molecule has 1 fully saturated rings. The Morgan fingerprint density at radius 3 is 2.32 bits per heavy atom. The van der Waals surface area contributed by atoms with Crippen LogP contribution in [0.25, 0.3) is 0 Å². The van der Waals surface area contributed by atoms with Crippen LogP contribution in [0.5, 0.6) is 0 Å². The summed E-state index contributed by atoms with van der Waals surface area (Å²) in [6, 6.07) is 3.52. The van der Waals surface area contributed by atoms with Gasteiger partial charge in [0.1, 0.15) is 0 Å². The van der Waals surface area contributed by atoms with Crippen molar-refractivity contribution >= 4 is 40.5 Å². The van der Waals surface area contributed by atoms with Gasteiger partial charge in [0.25, 0.3) is 0 Å². The summed E-state index contributed by atoms with van der Waals surface area (Å²) < 4.78 is 0. The molecule has 5 heteroatoms. The lowest BCUT2D eigenvalue weighted by Crippen LogP contribution is -2.41. The van der Waals surface area contributed by atoms with Crippen LogP contribution in [0.1, 0.15) is 38.5 Å². The van der Waals surface area contributed by atoms with Crippen molar-refractivity contribution in [1.29, 1.82) is 0 Å². The average molecular weight is 299 g/mol. The minimum Gasteiger partial charge on any atom is -0.377 e. The van der Waals surface area contributed by atoms with Gasteiger partial charge in [-0.2, -0.15) is 0 Å². The normalized spacial score (nSPS) is 21.3. The quantitative estimate of drug-likeness (QED) is 0.743. The minimum atomic E-state index is -0.120. The maximum atomic E-state index is 12.1. The molecule has 1 amide bonds. The minimum absolute atomic E-state index is 0.0477. The lowest BCUT2D eigenvalue weighted by Gasteiger charge is -2.37. The van der Waals surface area contributed by atoms with Crippen LogP contribution in [-0.2, 0) is 4.79 Å². The van der Waals surface area contributed by atoms with Crippen molar-refractivity contribution < 1.29 is 4.79 Å². The Bertz CT molecular complexity index is 524. The summed E-state index contributed by atoms with van der Waals surface area (Å²) in [6.07, 6.45) is 6.14. The van der Waals surface area contributed by atoms with E-state index in [1.165, 1.54) is 6.42 Å². The Balaban J connectivity index is 2.01. The van der Waals surface area contributed by atoms with Crippen LogP contribution in [0, 0.1) is 0 Å². The van der Waals surface area contributed by atoms with Gasteiger partial charge >= 0.3 is 0 Å². The fraction of sp³-hybridized carbons (Fsp3) is 0.500. The van der Waals surface area contributed by atoms with Gasteiger partial charge in [-0.25, -0.2) is 0 Å². The van der Waals surface area contributed by atoms with Gasteiger partial charge in [-0.1, -0.05) is 42.5 Å². The van der Waals surface area contributed by atoms with Crippen molar-refractivity contribution in [2.45, 2.75) is 44.1 Å². The number of hydrogen-bond acceptors (Lipinski definition) is 2. The predicted molar refractivity (Wildman–Crippen MR) is 79.1 cm³/mol. The van der Waals surface area contributed by atoms with Crippen LogP contribution in [-0.4, -0.2) is 11.4 Å². The van der Waals surface area contributed by atoms with Crippen LogP contribution >= 0.6 is 23.2 Å². The van der Waals surface area contributed by atoms with Gasteiger partial charge in [0.2, 0.25) is 5.91 Å². The third-order valence-corrected chi connectivity index (χ3v) is 4.77. The van der Waals surface area contributed by atoms with Crippen LogP contribution in [0.3, 0.4) is 0 Å². The molecule has 1 aromatic carbocycles. The molecule has 0 saturated heterocycles. The molecule has 19 heavy (non-hydrogen) atoms. The molecule has 0 unspecified atom stereocenters. The molecule has 0 atom stereocenters. The second-order valence-corrected chi connectivity index (χ2v) is 6.32. The molecule has 3 rings (SSSR count). The van der Waals surface area contributed by atoms with E-state index in [0.717, 1.165) is 37.1 Å². The Morgan fingerprint density at radius 1 is 1.00 bits per heavy atom. The zero-order valence-electron chi connectivity index (χ0n) is 10.6. The number of carbonyl (C=O) groups excluding carboxylic acids is 1. The lowest BCUT2D eigenvalue weighted by molar-refractivity contribution is -0.117. The van der Waals surface area contributed by atoms with Gasteiger partial charge in [-0.05, 0) is 25.0 Å². The van der Waals surface area contributed by atoms with E-state index in [4.69, 9.17) is 23.2 Å². The highest BCUT2D eigenvalue weighted by atomic mass is 35.5. The van der Waals surface area contributed by atoms with E-state index in [1.54, 1.807) is 12.1 Å². The summed E-state index contributed by atoms with van der Waals surface area (Å²) in [7, 11) is 0. The van der Waals surface area contributed by atoms with Gasteiger partial charge in [0.15, 0.2) is 0 Å². The maximum absolute atomic E-state index is 12.1. The number of fused-ring (bicyclic) bond motifs is 1. The molecule has 2 aliphatic rings. The highest BCUT2D eigenvalue weighted by Crippen LogP contribution is 2.41. The van der Waals surface area contributed by atoms with E-state index in [2.05, 4.69) is 10.6 Å². The fourth-order valence-electron chi connectivity index (χ4n) is 3.12. The van der Waals surface area contributed by atoms with Crippen LogP contribution in [0.4, 0.5) is 11.4 Å². The zero-order valence-corrected chi connectivity index (χ0v) is 12.1. The topological polar surface area (TPSA) is 41.1 Å². The highest BCUT2D eigenvalue weighted by Gasteiger charge is 2.37. The van der Waals surface area contributed by atoms with Crippen LogP contribution in [0.2, 0.25) is 10.0 Å². The average Bonchev–Trinajstić information content (AvgIpc) is 2.47. The number of benzene rings is 1. The zero-order chi connectivity index (χ0) is 13.5. The van der Waals surface area contributed by atoms with Crippen molar-refractivity contribution in [3.05, 3.63) is 22.2 Å². The third kappa shape index (κ3) is 2.54. The molecule has 2 N–H and O–H groups in total. The number of hydrogen-bond donors (Lipinski definition) is 2. The number of nitrogens with one attached hydrogen (secondary N) is 2. The Hall–Kier alpha value is -0.930. The van der Waals surface area contributed by atoms with Crippen LogP contribution < -0.4 is 10.6 Å². The van der Waals surface area contributed by atoms with Gasteiger partial charge in [0.05, 0.1) is 21.4 Å². The molecule has 1 aliphatic carbocycles. The Labute approximate surface area is 122 Å². The molecule has 0 bridgehead atoms. The first-order chi connectivity index (χ1) is 9.08. The van der Waals surface area contributed by atoms with E-state index >= 15 is 0 Å². The molecule has 1 saturated carbocycles. The van der Waals surface area contributed by atoms with Crippen LogP contribution in [0.15, 0.2) is 12.1 Å². The van der Waals surface area contributed by atoms with E-state index in [0.29, 0.717) is 16.5 Å². The number of carbonyl (C=O) groups is 1. The smallest absolute Gasteiger partial charge is 0.226 e. The molecule has 1 spiro atoms. The predicted octanol–water partition coefficient (Wildman–Crippen LogP) is 4.45. The standard InChI is InChI=1S/C14H16Cl2N2O/c15-9-6-11-12(7-10(9)16)18-14(8-13(19)17-11)4-2-1-3-5-14/h6-7,18H,1-5,8H2,(H,17,19). The van der Waals surface area contributed by atoms with E-state index in [-0.39, 0.29) is 11.4 Å². The van der Waals surface area contributed by atoms with Crippen molar-refractivity contribution in [1.82, 2.24) is 0 Å². The lowest BCUT2D eigenvalue weighted by atomic mass is 9.79. The summed E-state index contributed by atoms with van der Waals surface area (Å²) in [5.74, 6) is 0.0477. The van der Waals surface area contributed by atoms with E-state index in [1.807, 2.05) is 0 Å². The Morgan fingerprint density at radius 2 is 1.63 bits per heavy atom. The van der Waals surface area contributed by atoms with E-state index < -0.39 is 0 Å². The number of rotatable bonds is 0. The molecule has 3 nitrogen and oxygen atoms in total. The second kappa shape index (κ2) is 4.88. The largest absolute Gasteiger partial charge is 0.377 e. The molecule has 102 valence electrons. The van der Waals surface area contributed by atoms with Gasteiger partial charge in [-0.3, -0.25) is 4.79 Å². The maximum Gasteiger partial charge on any atom is 0.226 e. The first kappa shape index (κ1) is 13.1. The first-order valence-corrected chi connectivity index (χ1v) is 7.41. The molecule has 0 aromatic heterocycles. The first-order valence-electron chi connectivity index (χ1n) is 6.65. The number of anilines is 2. The second-order valence-electron chi connectivity index (χ2n) is 5.50. The molecule has 1 heterocycles. The van der Waals surface area contributed by atoms with Gasteiger partial charge in [0, 0.05) is 12.0 Å². The van der Waals surface area contributed by atoms with Gasteiger partial charge in [-0.15, -0.1) is 0 Å². The molecule has 1 aromatic rings. The van der Waals surface area contributed by atoms with Crippen molar-refractivity contribution in [2.75, 3.05) is 10.6 Å². The molecular weight excluding hydrogens is 283 g/mol. The monoisotopic (exact) mass is 298 g/mol. The highest BCUT2D eigenvalue weighted by molar-refractivity contribution is 6.42. The Kier molecular flexibility index (Phi) is 3.35. The number of amides is 1. The third-order valence-electron chi connectivity index (χ3n) is 4.04. The van der Waals surface area contributed by atoms with Crippen molar-refractivity contribution in [3.8, 4) is 0 Å². The van der Waals surface area contributed by atoms with Crippen molar-refractivity contribution in [3.63, 3.8) is 0 Å². The summed E-state index contributed by atoms with van der Waals surface area (Å²) in [5, 5.41) is 7.43. The molecular formula is C14H16Cl2N2O. The summed E-state index contributed by atoms with van der Waals surface area (Å²) in [5.41, 5.74) is 1.48. The van der Waals surface area contributed by atoms with Crippen molar-refractivity contribution in [2.24, 2.45) is 0 Å². The van der Waals surface area contributed by atoms with E-state index in [9.17, 15) is 4.79 Å². The molecule has 0 radical (unpaired) electrons. The summed E-state index contributed by atoms with van der Waals surface area (Å²) >= 11 is 12.1. The summed E-state index contributed by atoms with van der Waals surface area (Å²) in [6.45, 7) is 0. The number of halogens is 2. The molecule has 1 aliphatic heterocycles. The SMILES string of the molecule is O=C1CC2(CCCCC2)Nc2cc(Cl)c(Cl)cc2N1.